The van der Waals surface area contributed by atoms with Crippen molar-refractivity contribution < 1.29 is 22.5 Å². The second-order valence-corrected chi connectivity index (χ2v) is 8.07. The summed E-state index contributed by atoms with van der Waals surface area (Å²) in [6.45, 7) is 6.18. The van der Waals surface area contributed by atoms with E-state index in [1.54, 1.807) is 20.8 Å². The summed E-state index contributed by atoms with van der Waals surface area (Å²) in [6.07, 6.45) is 1.34. The number of hydrogen-bond acceptors (Lipinski definition) is 5. The van der Waals surface area contributed by atoms with E-state index >= 15 is 0 Å². The molecule has 1 aromatic heterocycles. The van der Waals surface area contributed by atoms with Gasteiger partial charge in [0.2, 0.25) is 0 Å². The molecule has 9 heteroatoms. The Hall–Kier alpha value is -0.930. The number of alkyl halides is 2. The van der Waals surface area contributed by atoms with Crippen LogP contribution in [0.4, 0.5) is 8.78 Å². The minimum absolute atomic E-state index is 0.0225. The van der Waals surface area contributed by atoms with Crippen LogP contribution in [0.1, 0.15) is 38.7 Å². The Morgan fingerprint density at radius 1 is 1.52 bits per heavy atom. The summed E-state index contributed by atoms with van der Waals surface area (Å²) < 4.78 is 46.6. The second kappa shape index (κ2) is 6.89. The Bertz CT molecular complexity index is 501. The summed E-state index contributed by atoms with van der Waals surface area (Å²) in [5.41, 5.74) is 0. The van der Waals surface area contributed by atoms with E-state index in [-0.39, 0.29) is 11.6 Å². The van der Waals surface area contributed by atoms with E-state index in [0.29, 0.717) is 0 Å². The quantitative estimate of drug-likeness (QED) is 0.808. The van der Waals surface area contributed by atoms with Gasteiger partial charge in [-0.1, -0.05) is 0 Å². The van der Waals surface area contributed by atoms with Gasteiger partial charge in [0.05, 0.1) is 22.3 Å². The molecule has 5 nitrogen and oxygen atoms in total. The molecule has 1 rings (SSSR count). The predicted molar refractivity (Wildman–Crippen MR) is 77.5 cm³/mol. The van der Waals surface area contributed by atoms with Crippen LogP contribution in [-0.2, 0) is 20.5 Å². The third-order valence-electron chi connectivity index (χ3n) is 2.39. The number of esters is 1. The van der Waals surface area contributed by atoms with Crippen molar-refractivity contribution in [3.63, 3.8) is 0 Å². The van der Waals surface area contributed by atoms with Crippen LogP contribution in [0.15, 0.2) is 11.6 Å². The molecule has 1 N–H and O–H groups in total. The van der Waals surface area contributed by atoms with Gasteiger partial charge in [-0.05, 0) is 27.7 Å². The summed E-state index contributed by atoms with van der Waals surface area (Å²) in [7, 11) is -1.79. The van der Waals surface area contributed by atoms with Gasteiger partial charge in [0.25, 0.3) is 0 Å². The SMILES string of the molecule is CCOC(=O)C(F)(F)C(NS(=O)C(C)(C)C)c1nccs1. The minimum Gasteiger partial charge on any atom is -0.462 e. The maximum Gasteiger partial charge on any atom is 0.379 e. The lowest BCUT2D eigenvalue weighted by atomic mass is 10.1. The van der Waals surface area contributed by atoms with Gasteiger partial charge >= 0.3 is 11.9 Å². The van der Waals surface area contributed by atoms with Crippen molar-refractivity contribution in [2.45, 2.75) is 44.4 Å². The standard InChI is InChI=1S/C12H18F2N2O3S2/c1-5-19-10(17)12(13,14)8(9-15-6-7-20-9)16-21(18)11(2,3)4/h6-8,16H,5H2,1-4H3. The first-order chi connectivity index (χ1) is 9.60. The molecule has 0 radical (unpaired) electrons. The van der Waals surface area contributed by atoms with Crippen molar-refractivity contribution in [2.24, 2.45) is 0 Å². The molecule has 0 saturated carbocycles. The van der Waals surface area contributed by atoms with E-state index in [4.69, 9.17) is 0 Å². The molecule has 1 aromatic rings. The summed E-state index contributed by atoms with van der Waals surface area (Å²) in [5.74, 6) is -5.53. The molecular weight excluding hydrogens is 322 g/mol. The van der Waals surface area contributed by atoms with Gasteiger partial charge < -0.3 is 4.74 Å². The molecule has 0 saturated heterocycles. The largest absolute Gasteiger partial charge is 0.462 e. The highest BCUT2D eigenvalue weighted by atomic mass is 32.2. The summed E-state index contributed by atoms with van der Waals surface area (Å²) in [4.78, 5) is 15.3. The van der Waals surface area contributed by atoms with E-state index in [2.05, 4.69) is 14.4 Å². The number of ether oxygens (including phenoxy) is 1. The minimum atomic E-state index is -3.87. The lowest BCUT2D eigenvalue weighted by Crippen LogP contribution is -2.47. The predicted octanol–water partition coefficient (Wildman–Crippen LogP) is 2.43. The van der Waals surface area contributed by atoms with E-state index in [0.717, 1.165) is 11.3 Å². The van der Waals surface area contributed by atoms with Crippen LogP contribution in [0.5, 0.6) is 0 Å². The molecule has 0 bridgehead atoms. The number of nitrogens with zero attached hydrogens (tertiary/aromatic N) is 1. The van der Waals surface area contributed by atoms with Crippen molar-refractivity contribution in [3.8, 4) is 0 Å². The van der Waals surface area contributed by atoms with Crippen molar-refractivity contribution in [2.75, 3.05) is 6.61 Å². The van der Waals surface area contributed by atoms with Gasteiger partial charge in [0.1, 0.15) is 11.0 Å². The molecule has 0 aliphatic heterocycles. The van der Waals surface area contributed by atoms with Crippen LogP contribution in [0.25, 0.3) is 0 Å². The Balaban J connectivity index is 3.09. The zero-order valence-electron chi connectivity index (χ0n) is 12.2. The topological polar surface area (TPSA) is 68.3 Å². The number of carbonyl (C=O) groups is 1. The Morgan fingerprint density at radius 2 is 2.14 bits per heavy atom. The fraction of sp³-hybridized carbons (Fsp3) is 0.667. The number of halogens is 2. The van der Waals surface area contributed by atoms with Crippen molar-refractivity contribution >= 4 is 28.3 Å². The Morgan fingerprint density at radius 3 is 2.57 bits per heavy atom. The monoisotopic (exact) mass is 340 g/mol. The molecule has 0 spiro atoms. The third kappa shape index (κ3) is 4.52. The summed E-state index contributed by atoms with van der Waals surface area (Å²) >= 11 is 0.950. The molecule has 0 aromatic carbocycles. The maximum atomic E-state index is 14.3. The van der Waals surface area contributed by atoms with Crippen LogP contribution < -0.4 is 4.72 Å². The molecule has 0 fully saturated rings. The summed E-state index contributed by atoms with van der Waals surface area (Å²) in [6, 6.07) is -1.79. The molecular formula is C12H18F2N2O3S2. The molecule has 2 atom stereocenters. The number of carbonyl (C=O) groups excluding carboxylic acids is 1. The Labute approximate surface area is 128 Å². The second-order valence-electron chi connectivity index (χ2n) is 5.15. The van der Waals surface area contributed by atoms with Crippen molar-refractivity contribution in [3.05, 3.63) is 16.6 Å². The average molecular weight is 340 g/mol. The number of thiazole rings is 1. The van der Waals surface area contributed by atoms with Gasteiger partial charge in [-0.3, -0.25) is 0 Å². The fourth-order valence-electron chi connectivity index (χ4n) is 1.29. The smallest absolute Gasteiger partial charge is 0.379 e. The van der Waals surface area contributed by atoms with Crippen LogP contribution >= 0.6 is 11.3 Å². The van der Waals surface area contributed by atoms with E-state index in [1.807, 2.05) is 0 Å². The first-order valence-electron chi connectivity index (χ1n) is 6.23. The lowest BCUT2D eigenvalue weighted by Gasteiger charge is -2.27. The van der Waals surface area contributed by atoms with Crippen molar-refractivity contribution in [1.29, 1.82) is 0 Å². The molecule has 120 valence electrons. The highest BCUT2D eigenvalue weighted by molar-refractivity contribution is 7.84. The number of aromatic nitrogens is 1. The van der Waals surface area contributed by atoms with Gasteiger partial charge in [0.15, 0.2) is 0 Å². The van der Waals surface area contributed by atoms with Gasteiger partial charge in [-0.25, -0.2) is 18.7 Å². The van der Waals surface area contributed by atoms with Crippen LogP contribution in [0.2, 0.25) is 0 Å². The highest BCUT2D eigenvalue weighted by Crippen LogP contribution is 2.34. The lowest BCUT2D eigenvalue weighted by molar-refractivity contribution is -0.175. The molecule has 0 aliphatic carbocycles. The number of rotatable bonds is 6. The van der Waals surface area contributed by atoms with Crippen molar-refractivity contribution in [1.82, 2.24) is 9.71 Å². The maximum absolute atomic E-state index is 14.3. The summed E-state index contributed by atoms with van der Waals surface area (Å²) in [5, 5.41) is 1.48. The van der Waals surface area contributed by atoms with Crippen LogP contribution in [0.3, 0.4) is 0 Å². The fourth-order valence-corrected chi connectivity index (χ4v) is 2.91. The van der Waals surface area contributed by atoms with Crippen LogP contribution in [0, 0.1) is 0 Å². The molecule has 21 heavy (non-hydrogen) atoms. The van der Waals surface area contributed by atoms with Gasteiger partial charge in [-0.15, -0.1) is 11.3 Å². The first kappa shape index (κ1) is 18.1. The van der Waals surface area contributed by atoms with E-state index in [1.165, 1.54) is 18.5 Å². The molecule has 2 unspecified atom stereocenters. The number of hydrogen-bond donors (Lipinski definition) is 1. The molecule has 0 aliphatic rings. The van der Waals surface area contributed by atoms with Gasteiger partial charge in [-0.2, -0.15) is 8.78 Å². The Kier molecular flexibility index (Phi) is 5.94. The zero-order chi connectivity index (χ0) is 16.3. The number of nitrogens with one attached hydrogen (secondary N) is 1. The van der Waals surface area contributed by atoms with Crippen LogP contribution in [-0.4, -0.2) is 32.4 Å². The van der Waals surface area contributed by atoms with Gasteiger partial charge in [0, 0.05) is 11.6 Å². The molecule has 1 heterocycles. The van der Waals surface area contributed by atoms with E-state index in [9.17, 15) is 17.8 Å². The molecule has 0 amide bonds. The normalized spacial score (nSPS) is 15.5. The third-order valence-corrected chi connectivity index (χ3v) is 4.79. The zero-order valence-corrected chi connectivity index (χ0v) is 13.8. The van der Waals surface area contributed by atoms with E-state index < -0.39 is 33.7 Å². The first-order valence-corrected chi connectivity index (χ1v) is 8.26. The average Bonchev–Trinajstić information content (AvgIpc) is 2.87. The highest BCUT2D eigenvalue weighted by Gasteiger charge is 2.52.